The molecule has 1 amide bonds. The molecule has 1 aromatic heterocycles. The molecule has 0 saturated heterocycles. The van der Waals surface area contributed by atoms with Crippen molar-refractivity contribution in [3.8, 4) is 0 Å². The summed E-state index contributed by atoms with van der Waals surface area (Å²) in [6.45, 7) is 4.75. The van der Waals surface area contributed by atoms with Crippen LogP contribution < -0.4 is 5.32 Å². The van der Waals surface area contributed by atoms with Crippen LogP contribution in [0.3, 0.4) is 0 Å². The minimum atomic E-state index is -4.40. The number of halogens is 3. The summed E-state index contributed by atoms with van der Waals surface area (Å²) in [5.41, 5.74) is 2.15. The van der Waals surface area contributed by atoms with Gasteiger partial charge in [0, 0.05) is 24.0 Å². The van der Waals surface area contributed by atoms with Crippen LogP contribution in [0.15, 0.2) is 48.5 Å². The second kappa shape index (κ2) is 8.09. The first-order chi connectivity index (χ1) is 13.3. The highest BCUT2D eigenvalue weighted by molar-refractivity contribution is 6.01. The smallest absolute Gasteiger partial charge is 0.347 e. The van der Waals surface area contributed by atoms with Crippen molar-refractivity contribution in [3.63, 3.8) is 0 Å². The summed E-state index contributed by atoms with van der Waals surface area (Å²) in [4.78, 5) is 12.9. The Hall–Kier alpha value is -2.76. The van der Waals surface area contributed by atoms with Crippen LogP contribution >= 0.6 is 0 Å². The molecule has 3 aromatic rings. The van der Waals surface area contributed by atoms with Crippen LogP contribution in [0.2, 0.25) is 0 Å². The summed E-state index contributed by atoms with van der Waals surface area (Å²) >= 11 is 0. The molecule has 28 heavy (non-hydrogen) atoms. The fourth-order valence-electron chi connectivity index (χ4n) is 3.44. The van der Waals surface area contributed by atoms with E-state index in [0.29, 0.717) is 11.3 Å². The number of aryl methyl sites for hydroxylation is 2. The van der Waals surface area contributed by atoms with E-state index in [0.717, 1.165) is 48.0 Å². The van der Waals surface area contributed by atoms with Crippen LogP contribution in [0.4, 0.5) is 13.2 Å². The number of alkyl halides is 3. The SMILES string of the molecule is CCCCn1c(C(=O)NCc2cccc(C(F)(F)F)c2)c(C)c2ccccc21. The van der Waals surface area contributed by atoms with Crippen molar-refractivity contribution in [2.45, 2.75) is 46.0 Å². The van der Waals surface area contributed by atoms with E-state index in [1.165, 1.54) is 6.07 Å². The van der Waals surface area contributed by atoms with Gasteiger partial charge in [0.15, 0.2) is 0 Å². The number of amides is 1. The highest BCUT2D eigenvalue weighted by Gasteiger charge is 2.30. The van der Waals surface area contributed by atoms with Gasteiger partial charge in [-0.2, -0.15) is 13.2 Å². The van der Waals surface area contributed by atoms with E-state index in [9.17, 15) is 18.0 Å². The molecule has 0 unspecified atom stereocenters. The summed E-state index contributed by atoms with van der Waals surface area (Å²) in [6, 6.07) is 12.9. The summed E-state index contributed by atoms with van der Waals surface area (Å²) in [5, 5.41) is 3.80. The van der Waals surface area contributed by atoms with E-state index in [1.807, 2.05) is 35.8 Å². The fraction of sp³-hybridized carbons (Fsp3) is 0.318. The van der Waals surface area contributed by atoms with Gasteiger partial charge in [-0.3, -0.25) is 4.79 Å². The number of hydrogen-bond acceptors (Lipinski definition) is 1. The topological polar surface area (TPSA) is 34.0 Å². The van der Waals surface area contributed by atoms with Crippen molar-refractivity contribution in [2.24, 2.45) is 0 Å². The molecule has 3 rings (SSSR count). The van der Waals surface area contributed by atoms with Gasteiger partial charge < -0.3 is 9.88 Å². The van der Waals surface area contributed by atoms with Crippen molar-refractivity contribution in [1.29, 1.82) is 0 Å². The first kappa shape index (κ1) is 20.0. The molecule has 0 saturated carbocycles. The van der Waals surface area contributed by atoms with Crippen molar-refractivity contribution in [1.82, 2.24) is 9.88 Å². The lowest BCUT2D eigenvalue weighted by Gasteiger charge is -2.12. The quantitative estimate of drug-likeness (QED) is 0.578. The van der Waals surface area contributed by atoms with E-state index < -0.39 is 11.7 Å². The number of carbonyl (C=O) groups is 1. The Balaban J connectivity index is 1.87. The van der Waals surface area contributed by atoms with Gasteiger partial charge in [0.1, 0.15) is 5.69 Å². The minimum Gasteiger partial charge on any atom is -0.347 e. The largest absolute Gasteiger partial charge is 0.416 e. The maximum Gasteiger partial charge on any atom is 0.416 e. The predicted octanol–water partition coefficient (Wildman–Crippen LogP) is 5.70. The van der Waals surface area contributed by atoms with Crippen LogP contribution in [0.1, 0.15) is 46.9 Å². The first-order valence-electron chi connectivity index (χ1n) is 9.35. The standard InChI is InChI=1S/C22H23F3N2O/c1-3-4-12-27-19-11-6-5-10-18(19)15(2)20(27)21(28)26-14-16-8-7-9-17(13-16)22(23,24)25/h5-11,13H,3-4,12,14H2,1-2H3,(H,26,28). The van der Waals surface area contributed by atoms with Gasteiger partial charge in [0.05, 0.1) is 5.56 Å². The van der Waals surface area contributed by atoms with E-state index in [4.69, 9.17) is 0 Å². The van der Waals surface area contributed by atoms with Gasteiger partial charge >= 0.3 is 6.18 Å². The number of nitrogens with zero attached hydrogens (tertiary/aromatic N) is 1. The van der Waals surface area contributed by atoms with E-state index in [2.05, 4.69) is 12.2 Å². The zero-order chi connectivity index (χ0) is 20.3. The number of aromatic nitrogens is 1. The normalized spacial score (nSPS) is 11.8. The summed E-state index contributed by atoms with van der Waals surface area (Å²) in [7, 11) is 0. The first-order valence-corrected chi connectivity index (χ1v) is 9.35. The lowest BCUT2D eigenvalue weighted by atomic mass is 10.1. The molecule has 0 spiro atoms. The fourth-order valence-corrected chi connectivity index (χ4v) is 3.44. The maximum absolute atomic E-state index is 12.9. The molecule has 1 heterocycles. The molecule has 0 bridgehead atoms. The molecule has 6 heteroatoms. The molecule has 148 valence electrons. The van der Waals surface area contributed by atoms with Crippen molar-refractivity contribution in [3.05, 3.63) is 70.9 Å². The van der Waals surface area contributed by atoms with Crippen LogP contribution in [-0.4, -0.2) is 10.5 Å². The number of carbonyl (C=O) groups excluding carboxylic acids is 1. The van der Waals surface area contributed by atoms with Gasteiger partial charge in [0.2, 0.25) is 0 Å². The maximum atomic E-state index is 12.9. The zero-order valence-electron chi connectivity index (χ0n) is 15.9. The number of hydrogen-bond donors (Lipinski definition) is 1. The molecular weight excluding hydrogens is 365 g/mol. The number of unbranched alkanes of at least 4 members (excludes halogenated alkanes) is 1. The van der Waals surface area contributed by atoms with Crippen molar-refractivity contribution < 1.29 is 18.0 Å². The molecule has 0 aliphatic rings. The summed E-state index contributed by atoms with van der Waals surface area (Å²) in [5.74, 6) is -0.276. The van der Waals surface area contributed by atoms with Gasteiger partial charge in [-0.1, -0.05) is 43.7 Å². The number of nitrogens with one attached hydrogen (secondary N) is 1. The van der Waals surface area contributed by atoms with E-state index in [-0.39, 0.29) is 12.5 Å². The molecule has 0 aliphatic heterocycles. The Morgan fingerprint density at radius 3 is 2.57 bits per heavy atom. The average molecular weight is 388 g/mol. The van der Waals surface area contributed by atoms with Crippen molar-refractivity contribution in [2.75, 3.05) is 0 Å². The molecule has 0 fully saturated rings. The average Bonchev–Trinajstić information content (AvgIpc) is 2.96. The zero-order valence-corrected chi connectivity index (χ0v) is 15.9. The third-order valence-corrected chi connectivity index (χ3v) is 4.88. The van der Waals surface area contributed by atoms with Gasteiger partial charge in [-0.05, 0) is 42.7 Å². The van der Waals surface area contributed by atoms with Crippen LogP contribution in [0, 0.1) is 6.92 Å². The molecule has 0 radical (unpaired) electrons. The second-order valence-electron chi connectivity index (χ2n) is 6.88. The van der Waals surface area contributed by atoms with Gasteiger partial charge in [0.25, 0.3) is 5.91 Å². The lowest BCUT2D eigenvalue weighted by Crippen LogP contribution is -2.26. The van der Waals surface area contributed by atoms with E-state index >= 15 is 0 Å². The highest BCUT2D eigenvalue weighted by Crippen LogP contribution is 2.30. The number of fused-ring (bicyclic) bond motifs is 1. The lowest BCUT2D eigenvalue weighted by molar-refractivity contribution is -0.137. The Kier molecular flexibility index (Phi) is 5.77. The third kappa shape index (κ3) is 4.06. The predicted molar refractivity (Wildman–Crippen MR) is 104 cm³/mol. The Labute approximate surface area is 162 Å². The molecule has 0 aliphatic carbocycles. The van der Waals surface area contributed by atoms with Crippen molar-refractivity contribution >= 4 is 16.8 Å². The summed E-state index contributed by atoms with van der Waals surface area (Å²) < 4.78 is 40.7. The molecule has 2 aromatic carbocycles. The van der Waals surface area contributed by atoms with Gasteiger partial charge in [-0.15, -0.1) is 0 Å². The Morgan fingerprint density at radius 2 is 1.86 bits per heavy atom. The number of benzene rings is 2. The third-order valence-electron chi connectivity index (χ3n) is 4.88. The Morgan fingerprint density at radius 1 is 1.11 bits per heavy atom. The highest BCUT2D eigenvalue weighted by atomic mass is 19.4. The van der Waals surface area contributed by atoms with Gasteiger partial charge in [-0.25, -0.2) is 0 Å². The van der Waals surface area contributed by atoms with Crippen LogP contribution in [0.25, 0.3) is 10.9 Å². The summed E-state index contributed by atoms with van der Waals surface area (Å²) in [6.07, 6.45) is -2.47. The van der Waals surface area contributed by atoms with Crippen LogP contribution in [0.5, 0.6) is 0 Å². The minimum absolute atomic E-state index is 0.0392. The molecule has 3 nitrogen and oxygen atoms in total. The monoisotopic (exact) mass is 388 g/mol. The molecule has 0 atom stereocenters. The van der Waals surface area contributed by atoms with Crippen LogP contribution in [-0.2, 0) is 19.3 Å². The number of para-hydroxylation sites is 1. The Bertz CT molecular complexity index is 989. The van der Waals surface area contributed by atoms with E-state index in [1.54, 1.807) is 6.07 Å². The molecular formula is C22H23F3N2O. The molecule has 1 N–H and O–H groups in total. The number of rotatable bonds is 6. The second-order valence-corrected chi connectivity index (χ2v) is 6.88.